The Morgan fingerprint density at radius 1 is 1.05 bits per heavy atom. The van der Waals surface area contributed by atoms with E-state index in [2.05, 4.69) is 39.9 Å². The maximum Gasteiger partial charge on any atom is 0.408 e. The molecule has 1 aliphatic rings. The van der Waals surface area contributed by atoms with Gasteiger partial charge in [0.15, 0.2) is 0 Å². The molecule has 38 heavy (non-hydrogen) atoms. The van der Waals surface area contributed by atoms with Crippen LogP contribution < -0.4 is 10.6 Å². The molecule has 2 aromatic carbocycles. The van der Waals surface area contributed by atoms with Gasteiger partial charge in [-0.1, -0.05) is 60.7 Å². The van der Waals surface area contributed by atoms with Crippen LogP contribution in [-0.4, -0.2) is 41.8 Å². The average molecular weight is 518 g/mol. The van der Waals surface area contributed by atoms with Gasteiger partial charge >= 0.3 is 6.09 Å². The summed E-state index contributed by atoms with van der Waals surface area (Å²) < 4.78 is 5.23. The van der Waals surface area contributed by atoms with Crippen LogP contribution >= 0.6 is 0 Å². The number of nitrogens with one attached hydrogen (secondary N) is 2. The van der Waals surface area contributed by atoms with Crippen molar-refractivity contribution in [2.45, 2.75) is 83.4 Å². The lowest BCUT2D eigenvalue weighted by atomic mass is 9.75. The van der Waals surface area contributed by atoms with E-state index in [1.165, 1.54) is 17.2 Å². The Balaban J connectivity index is 1.52. The van der Waals surface area contributed by atoms with E-state index in [0.29, 0.717) is 18.8 Å². The van der Waals surface area contributed by atoms with E-state index in [9.17, 15) is 14.4 Å². The van der Waals surface area contributed by atoms with Gasteiger partial charge in [-0.3, -0.25) is 9.59 Å². The molecular weight excluding hydrogens is 478 g/mol. The molecule has 0 heterocycles. The first-order valence-electron chi connectivity index (χ1n) is 13.3. The number of hydrogen-bond acceptors (Lipinski definition) is 4. The zero-order valence-corrected chi connectivity index (χ0v) is 22.8. The summed E-state index contributed by atoms with van der Waals surface area (Å²) in [5, 5.41) is 5.47. The number of alkyl carbamates (subject to hydrolysis) is 1. The fourth-order valence-electron chi connectivity index (χ4n) is 4.33. The summed E-state index contributed by atoms with van der Waals surface area (Å²) in [6, 6.07) is 17.2. The Labute approximate surface area is 225 Å². The third-order valence-corrected chi connectivity index (χ3v) is 6.34. The third kappa shape index (κ3) is 9.61. The first-order chi connectivity index (χ1) is 18.1. The Hall–Kier alpha value is -3.74. The van der Waals surface area contributed by atoms with Crippen LogP contribution in [0.4, 0.5) is 4.79 Å². The minimum atomic E-state index is -0.803. The molecule has 0 saturated heterocycles. The molecule has 0 unspecified atom stereocenters. The zero-order chi connectivity index (χ0) is 27.5. The van der Waals surface area contributed by atoms with Gasteiger partial charge in [-0.2, -0.15) is 0 Å². The van der Waals surface area contributed by atoms with Crippen molar-refractivity contribution in [2.24, 2.45) is 4.99 Å². The highest BCUT2D eigenvalue weighted by Crippen LogP contribution is 2.37. The van der Waals surface area contributed by atoms with Crippen molar-refractivity contribution in [3.63, 3.8) is 0 Å². The minimum Gasteiger partial charge on any atom is -0.444 e. The molecule has 1 aliphatic carbocycles. The largest absolute Gasteiger partial charge is 0.444 e. The van der Waals surface area contributed by atoms with Crippen molar-refractivity contribution in [3.05, 3.63) is 83.4 Å². The molecule has 0 bridgehead atoms. The van der Waals surface area contributed by atoms with Crippen LogP contribution in [-0.2, 0) is 27.2 Å². The quantitative estimate of drug-likeness (QED) is 0.313. The Morgan fingerprint density at radius 3 is 2.47 bits per heavy atom. The van der Waals surface area contributed by atoms with Gasteiger partial charge in [0.2, 0.25) is 5.91 Å². The number of hydrogen-bond donors (Lipinski definition) is 2. The standard InChI is InChI=1S/C31H39N3O4/c1-22(33-30(37)38-31(2,3)4)29(36)34-26(17-16-23-11-6-5-7-12-23)18-19-28(35)32-20-10-14-25-21-24-13-8-9-15-27(24)25/h5-9,11-13,15,18-20,22,25-26H,10,14,16-17,21H2,1-4H3,(H,33,37)(H,34,36)/b19-18+,32-20?/t22-,25-,26-/m0/s1. The van der Waals surface area contributed by atoms with Gasteiger partial charge in [-0.15, -0.1) is 0 Å². The Bertz CT molecular complexity index is 1150. The summed E-state index contributed by atoms with van der Waals surface area (Å²) >= 11 is 0. The highest BCUT2D eigenvalue weighted by molar-refractivity contribution is 5.93. The number of amides is 3. The number of benzene rings is 2. The van der Waals surface area contributed by atoms with Crippen LogP contribution in [0.5, 0.6) is 0 Å². The van der Waals surface area contributed by atoms with Crippen LogP contribution in [0.2, 0.25) is 0 Å². The van der Waals surface area contributed by atoms with E-state index in [0.717, 1.165) is 24.8 Å². The smallest absolute Gasteiger partial charge is 0.408 e. The molecule has 0 radical (unpaired) electrons. The topological polar surface area (TPSA) is 96.9 Å². The number of aryl methyl sites for hydroxylation is 1. The number of carbonyl (C=O) groups excluding carboxylic acids is 3. The lowest BCUT2D eigenvalue weighted by Gasteiger charge is -2.29. The fourth-order valence-corrected chi connectivity index (χ4v) is 4.33. The molecule has 3 amide bonds. The van der Waals surface area contributed by atoms with Gasteiger partial charge < -0.3 is 15.4 Å². The lowest BCUT2D eigenvalue weighted by Crippen LogP contribution is -2.48. The van der Waals surface area contributed by atoms with E-state index in [4.69, 9.17) is 4.74 Å². The zero-order valence-electron chi connectivity index (χ0n) is 22.8. The number of carbonyl (C=O) groups is 3. The van der Waals surface area contributed by atoms with E-state index in [1.807, 2.05) is 30.3 Å². The summed E-state index contributed by atoms with van der Waals surface area (Å²) in [5.74, 6) is -0.189. The predicted molar refractivity (Wildman–Crippen MR) is 150 cm³/mol. The minimum absolute atomic E-state index is 0.363. The summed E-state index contributed by atoms with van der Waals surface area (Å²) in [5.41, 5.74) is 3.28. The van der Waals surface area contributed by atoms with Crippen molar-refractivity contribution >= 4 is 24.1 Å². The van der Waals surface area contributed by atoms with Crippen LogP contribution in [0.3, 0.4) is 0 Å². The van der Waals surface area contributed by atoms with E-state index in [1.54, 1.807) is 40.0 Å². The van der Waals surface area contributed by atoms with Crippen LogP contribution in [0, 0.1) is 0 Å². The molecule has 202 valence electrons. The van der Waals surface area contributed by atoms with E-state index in [-0.39, 0.29) is 11.8 Å². The summed E-state index contributed by atoms with van der Waals surface area (Å²) in [6.07, 6.45) is 8.18. The highest BCUT2D eigenvalue weighted by atomic mass is 16.6. The number of rotatable bonds is 11. The summed E-state index contributed by atoms with van der Waals surface area (Å²) in [4.78, 5) is 41.3. The first-order valence-corrected chi connectivity index (χ1v) is 13.3. The molecule has 3 rings (SSSR count). The number of ether oxygens (including phenoxy) is 1. The predicted octanol–water partition coefficient (Wildman–Crippen LogP) is 5.29. The molecule has 2 aromatic rings. The van der Waals surface area contributed by atoms with Gasteiger partial charge in [0.25, 0.3) is 5.91 Å². The number of fused-ring (bicyclic) bond motifs is 1. The molecule has 0 aliphatic heterocycles. The lowest BCUT2D eigenvalue weighted by molar-refractivity contribution is -0.123. The van der Waals surface area contributed by atoms with Crippen LogP contribution in [0.15, 0.2) is 71.7 Å². The second-order valence-electron chi connectivity index (χ2n) is 10.7. The molecule has 0 aromatic heterocycles. The van der Waals surface area contributed by atoms with Crippen molar-refractivity contribution < 1.29 is 19.1 Å². The molecule has 7 heteroatoms. The molecule has 7 nitrogen and oxygen atoms in total. The molecule has 0 fully saturated rings. The van der Waals surface area contributed by atoms with Crippen LogP contribution in [0.25, 0.3) is 0 Å². The van der Waals surface area contributed by atoms with Gasteiger partial charge in [0.05, 0.1) is 0 Å². The molecule has 0 saturated carbocycles. The monoisotopic (exact) mass is 517 g/mol. The van der Waals surface area contributed by atoms with Gasteiger partial charge in [0, 0.05) is 18.3 Å². The maximum absolute atomic E-state index is 12.8. The normalized spacial score (nSPS) is 16.4. The van der Waals surface area contributed by atoms with Crippen molar-refractivity contribution in [2.75, 3.05) is 0 Å². The molecule has 2 N–H and O–H groups in total. The van der Waals surface area contributed by atoms with Gasteiger partial charge in [-0.05, 0) is 82.4 Å². The Morgan fingerprint density at radius 2 is 1.76 bits per heavy atom. The number of aliphatic imine (C=N–C) groups is 1. The fraction of sp³-hybridized carbons (Fsp3) is 0.419. The van der Waals surface area contributed by atoms with Gasteiger partial charge in [0.1, 0.15) is 11.6 Å². The second-order valence-corrected chi connectivity index (χ2v) is 10.7. The first kappa shape index (κ1) is 28.8. The molecule has 0 spiro atoms. The van der Waals surface area contributed by atoms with Crippen LogP contribution in [0.1, 0.15) is 69.6 Å². The summed E-state index contributed by atoms with van der Waals surface area (Å²) in [6.45, 7) is 6.86. The third-order valence-electron chi connectivity index (χ3n) is 6.34. The van der Waals surface area contributed by atoms with E-state index >= 15 is 0 Å². The second kappa shape index (κ2) is 13.7. The molecular formula is C31H39N3O4. The number of nitrogens with zero attached hydrogens (tertiary/aromatic N) is 1. The maximum atomic E-state index is 12.8. The van der Waals surface area contributed by atoms with Crippen molar-refractivity contribution in [1.29, 1.82) is 0 Å². The van der Waals surface area contributed by atoms with Gasteiger partial charge in [-0.25, -0.2) is 9.79 Å². The van der Waals surface area contributed by atoms with E-state index < -0.39 is 23.8 Å². The average Bonchev–Trinajstić information content (AvgIpc) is 2.85. The molecule has 3 atom stereocenters. The summed E-state index contributed by atoms with van der Waals surface area (Å²) in [7, 11) is 0. The SMILES string of the molecule is C[C@H](NC(=O)OC(C)(C)C)C(=O)N[C@H](/C=C/C(=O)N=CCC[C@H]1Cc2ccccc21)CCc1ccccc1. The highest BCUT2D eigenvalue weighted by Gasteiger charge is 2.24. The van der Waals surface area contributed by atoms with Crippen molar-refractivity contribution in [3.8, 4) is 0 Å². The van der Waals surface area contributed by atoms with Crippen molar-refractivity contribution in [1.82, 2.24) is 10.6 Å². The Kier molecular flexibility index (Phi) is 10.4.